The van der Waals surface area contributed by atoms with Gasteiger partial charge < -0.3 is 0 Å². The van der Waals surface area contributed by atoms with Crippen molar-refractivity contribution in [1.82, 2.24) is 0 Å². The Hall–Kier alpha value is -1.08. The Bertz CT molecular complexity index is 327. The predicted molar refractivity (Wildman–Crippen MR) is 60.4 cm³/mol. The molecule has 0 bridgehead atoms. The normalized spacial score (nSPS) is 11.4. The standard InChI is InChI=1S/C12H13ClO/c1-2-12(14)11(9-13)8-10-6-4-3-5-7-10/h3-8H,2,9H2,1H3/b11-8+. The van der Waals surface area contributed by atoms with Gasteiger partial charge in [0.05, 0.1) is 5.88 Å². The number of benzene rings is 1. The van der Waals surface area contributed by atoms with Crippen molar-refractivity contribution >= 4 is 23.5 Å². The molecule has 2 heteroatoms. The van der Waals surface area contributed by atoms with Gasteiger partial charge in [0.15, 0.2) is 5.78 Å². The Labute approximate surface area is 89.4 Å². The maximum atomic E-state index is 11.4. The van der Waals surface area contributed by atoms with Crippen LogP contribution < -0.4 is 0 Å². The first-order valence-electron chi connectivity index (χ1n) is 4.62. The molecule has 0 saturated carbocycles. The fourth-order valence-electron chi connectivity index (χ4n) is 1.17. The van der Waals surface area contributed by atoms with Crippen LogP contribution in [0.4, 0.5) is 0 Å². The van der Waals surface area contributed by atoms with Gasteiger partial charge in [0.1, 0.15) is 0 Å². The minimum atomic E-state index is 0.115. The van der Waals surface area contributed by atoms with Gasteiger partial charge in [-0.25, -0.2) is 0 Å². The molecule has 1 rings (SSSR count). The van der Waals surface area contributed by atoms with Crippen LogP contribution in [0.5, 0.6) is 0 Å². The summed E-state index contributed by atoms with van der Waals surface area (Å²) in [5.74, 6) is 0.394. The third-order valence-corrected chi connectivity index (χ3v) is 2.25. The summed E-state index contributed by atoms with van der Waals surface area (Å²) in [5.41, 5.74) is 1.70. The highest BCUT2D eigenvalue weighted by molar-refractivity contribution is 6.23. The van der Waals surface area contributed by atoms with Crippen LogP contribution in [0.15, 0.2) is 35.9 Å². The summed E-state index contributed by atoms with van der Waals surface area (Å²) < 4.78 is 0. The Morgan fingerprint density at radius 2 is 2.00 bits per heavy atom. The number of Topliss-reactive ketones (excluding diaryl/α,β-unsaturated/α-hetero) is 1. The van der Waals surface area contributed by atoms with E-state index in [0.717, 1.165) is 5.56 Å². The Kier molecular flexibility index (Phi) is 4.41. The van der Waals surface area contributed by atoms with Crippen molar-refractivity contribution in [3.63, 3.8) is 0 Å². The van der Waals surface area contributed by atoms with Crippen molar-refractivity contribution in [2.24, 2.45) is 0 Å². The highest BCUT2D eigenvalue weighted by Crippen LogP contribution is 2.10. The van der Waals surface area contributed by atoms with E-state index in [2.05, 4.69) is 0 Å². The van der Waals surface area contributed by atoms with Crippen LogP contribution in [-0.4, -0.2) is 11.7 Å². The monoisotopic (exact) mass is 208 g/mol. The third-order valence-electron chi connectivity index (χ3n) is 1.96. The number of hydrogen-bond acceptors (Lipinski definition) is 1. The summed E-state index contributed by atoms with van der Waals surface area (Å²) >= 11 is 5.70. The lowest BCUT2D eigenvalue weighted by molar-refractivity contribution is -0.115. The second-order valence-corrected chi connectivity index (χ2v) is 3.26. The van der Waals surface area contributed by atoms with Gasteiger partial charge in [0, 0.05) is 12.0 Å². The highest BCUT2D eigenvalue weighted by atomic mass is 35.5. The van der Waals surface area contributed by atoms with Crippen molar-refractivity contribution in [2.75, 3.05) is 5.88 Å². The van der Waals surface area contributed by atoms with E-state index in [4.69, 9.17) is 11.6 Å². The molecule has 0 aliphatic carbocycles. The van der Waals surface area contributed by atoms with E-state index in [1.165, 1.54) is 0 Å². The van der Waals surface area contributed by atoms with E-state index in [9.17, 15) is 4.79 Å². The molecule has 0 fully saturated rings. The minimum Gasteiger partial charge on any atom is -0.295 e. The highest BCUT2D eigenvalue weighted by Gasteiger charge is 2.04. The first-order valence-corrected chi connectivity index (χ1v) is 5.16. The molecule has 0 aliphatic rings. The fraction of sp³-hybridized carbons (Fsp3) is 0.250. The summed E-state index contributed by atoms with van der Waals surface area (Å²) in [6.07, 6.45) is 2.35. The molecule has 0 unspecified atom stereocenters. The average Bonchev–Trinajstić information content (AvgIpc) is 2.26. The number of allylic oxidation sites excluding steroid dienone is 1. The van der Waals surface area contributed by atoms with Crippen LogP contribution in [0.1, 0.15) is 18.9 Å². The zero-order valence-electron chi connectivity index (χ0n) is 8.16. The molecule has 0 N–H and O–H groups in total. The second kappa shape index (κ2) is 5.61. The molecular formula is C12H13ClO. The first kappa shape index (κ1) is 11.0. The molecule has 0 spiro atoms. The number of halogens is 1. The zero-order chi connectivity index (χ0) is 10.4. The quantitative estimate of drug-likeness (QED) is 0.548. The van der Waals surface area contributed by atoms with Crippen molar-refractivity contribution in [3.8, 4) is 0 Å². The molecule has 0 aliphatic heterocycles. The van der Waals surface area contributed by atoms with Crippen LogP contribution >= 0.6 is 11.6 Å². The fourth-order valence-corrected chi connectivity index (χ4v) is 1.40. The number of ketones is 1. The topological polar surface area (TPSA) is 17.1 Å². The molecule has 0 saturated heterocycles. The lowest BCUT2D eigenvalue weighted by Gasteiger charge is -2.00. The average molecular weight is 209 g/mol. The summed E-state index contributed by atoms with van der Waals surface area (Å²) in [5, 5.41) is 0. The molecular weight excluding hydrogens is 196 g/mol. The van der Waals surface area contributed by atoms with E-state index in [-0.39, 0.29) is 11.7 Å². The summed E-state index contributed by atoms with van der Waals surface area (Å²) in [6.45, 7) is 1.84. The van der Waals surface area contributed by atoms with Crippen LogP contribution in [0.25, 0.3) is 6.08 Å². The smallest absolute Gasteiger partial charge is 0.159 e. The Morgan fingerprint density at radius 1 is 1.36 bits per heavy atom. The maximum absolute atomic E-state index is 11.4. The summed E-state index contributed by atoms with van der Waals surface area (Å²) in [6, 6.07) is 9.73. The lowest BCUT2D eigenvalue weighted by Crippen LogP contribution is -2.01. The number of hydrogen-bond donors (Lipinski definition) is 0. The molecule has 1 aromatic rings. The zero-order valence-corrected chi connectivity index (χ0v) is 8.92. The van der Waals surface area contributed by atoms with Gasteiger partial charge in [-0.05, 0) is 11.6 Å². The van der Waals surface area contributed by atoms with Gasteiger partial charge in [0.2, 0.25) is 0 Å². The molecule has 74 valence electrons. The van der Waals surface area contributed by atoms with E-state index < -0.39 is 0 Å². The number of carbonyl (C=O) groups is 1. The van der Waals surface area contributed by atoms with E-state index >= 15 is 0 Å². The van der Waals surface area contributed by atoms with Crippen LogP contribution in [-0.2, 0) is 4.79 Å². The molecule has 0 amide bonds. The van der Waals surface area contributed by atoms with Crippen molar-refractivity contribution < 1.29 is 4.79 Å². The largest absolute Gasteiger partial charge is 0.295 e. The van der Waals surface area contributed by atoms with Crippen molar-refractivity contribution in [2.45, 2.75) is 13.3 Å². The second-order valence-electron chi connectivity index (χ2n) is 2.99. The summed E-state index contributed by atoms with van der Waals surface area (Å²) in [4.78, 5) is 11.4. The van der Waals surface area contributed by atoms with Gasteiger partial charge in [-0.3, -0.25) is 4.79 Å². The first-order chi connectivity index (χ1) is 6.77. The molecule has 0 atom stereocenters. The van der Waals surface area contributed by atoms with Crippen LogP contribution in [0.3, 0.4) is 0 Å². The van der Waals surface area contributed by atoms with E-state index in [1.807, 2.05) is 43.3 Å². The number of carbonyl (C=O) groups excluding carboxylic acids is 1. The molecule has 1 aromatic carbocycles. The Morgan fingerprint density at radius 3 is 2.50 bits per heavy atom. The maximum Gasteiger partial charge on any atom is 0.159 e. The van der Waals surface area contributed by atoms with Gasteiger partial charge in [-0.15, -0.1) is 11.6 Å². The molecule has 1 nitrogen and oxygen atoms in total. The minimum absolute atomic E-state index is 0.115. The van der Waals surface area contributed by atoms with E-state index in [1.54, 1.807) is 0 Å². The van der Waals surface area contributed by atoms with Crippen LogP contribution in [0.2, 0.25) is 0 Å². The van der Waals surface area contributed by atoms with Crippen molar-refractivity contribution in [1.29, 1.82) is 0 Å². The predicted octanol–water partition coefficient (Wildman–Crippen LogP) is 3.29. The van der Waals surface area contributed by atoms with Gasteiger partial charge in [-0.2, -0.15) is 0 Å². The number of rotatable bonds is 4. The Balaban J connectivity index is 2.89. The number of alkyl halides is 1. The third kappa shape index (κ3) is 3.00. The molecule has 0 aromatic heterocycles. The lowest BCUT2D eigenvalue weighted by atomic mass is 10.1. The summed E-state index contributed by atoms with van der Waals surface area (Å²) in [7, 11) is 0. The SMILES string of the molecule is CCC(=O)/C(=C/c1ccccc1)CCl. The molecule has 14 heavy (non-hydrogen) atoms. The van der Waals surface area contributed by atoms with Crippen molar-refractivity contribution in [3.05, 3.63) is 41.5 Å². The molecule has 0 radical (unpaired) electrons. The van der Waals surface area contributed by atoms with Gasteiger partial charge in [-0.1, -0.05) is 37.3 Å². The molecule has 0 heterocycles. The van der Waals surface area contributed by atoms with Gasteiger partial charge in [0.25, 0.3) is 0 Å². The van der Waals surface area contributed by atoms with Crippen LogP contribution in [0, 0.1) is 0 Å². The van der Waals surface area contributed by atoms with E-state index in [0.29, 0.717) is 12.0 Å². The van der Waals surface area contributed by atoms with Gasteiger partial charge >= 0.3 is 0 Å².